The van der Waals surface area contributed by atoms with Gasteiger partial charge >= 0.3 is 0 Å². The van der Waals surface area contributed by atoms with Crippen molar-refractivity contribution in [2.75, 3.05) is 5.32 Å². The average Bonchev–Trinajstić information content (AvgIpc) is 2.97. The molecule has 1 N–H and O–H groups in total. The molecule has 1 atom stereocenters. The van der Waals surface area contributed by atoms with Crippen LogP contribution in [0.5, 0.6) is 0 Å². The molecule has 1 unspecified atom stereocenters. The minimum atomic E-state index is 0.366. The number of thiophene rings is 1. The van der Waals surface area contributed by atoms with Crippen LogP contribution in [-0.2, 0) is 6.42 Å². The number of rotatable bonds is 2. The van der Waals surface area contributed by atoms with E-state index in [1.54, 1.807) is 0 Å². The van der Waals surface area contributed by atoms with Gasteiger partial charge in [0.25, 0.3) is 0 Å². The molecular formula is C16H15N3S. The Morgan fingerprint density at radius 3 is 3.15 bits per heavy atom. The Morgan fingerprint density at radius 1 is 1.20 bits per heavy atom. The predicted octanol–water partition coefficient (Wildman–Crippen LogP) is 4.18. The van der Waals surface area contributed by atoms with Crippen LogP contribution in [0.15, 0.2) is 41.9 Å². The summed E-state index contributed by atoms with van der Waals surface area (Å²) in [7, 11) is 0. The number of fused-ring (bicyclic) bond motifs is 2. The van der Waals surface area contributed by atoms with Gasteiger partial charge in [0, 0.05) is 15.6 Å². The summed E-state index contributed by atoms with van der Waals surface area (Å²) >= 11 is 1.87. The van der Waals surface area contributed by atoms with E-state index in [1.165, 1.54) is 23.3 Å². The van der Waals surface area contributed by atoms with Crippen LogP contribution in [-0.4, -0.2) is 10.2 Å². The van der Waals surface area contributed by atoms with Crippen LogP contribution >= 0.6 is 11.3 Å². The molecule has 0 bridgehead atoms. The van der Waals surface area contributed by atoms with Crippen LogP contribution < -0.4 is 5.32 Å². The number of hydrogen-bond donors (Lipinski definition) is 1. The van der Waals surface area contributed by atoms with E-state index in [0.29, 0.717) is 6.04 Å². The zero-order chi connectivity index (χ0) is 13.4. The van der Waals surface area contributed by atoms with E-state index in [0.717, 1.165) is 23.0 Å². The van der Waals surface area contributed by atoms with Gasteiger partial charge in [0.1, 0.15) is 0 Å². The van der Waals surface area contributed by atoms with Crippen LogP contribution in [0, 0.1) is 0 Å². The number of hydrogen-bond acceptors (Lipinski definition) is 4. The lowest BCUT2D eigenvalue weighted by atomic mass is 9.94. The third-order valence-corrected chi connectivity index (χ3v) is 4.93. The van der Waals surface area contributed by atoms with Crippen molar-refractivity contribution >= 4 is 27.9 Å². The quantitative estimate of drug-likeness (QED) is 0.765. The van der Waals surface area contributed by atoms with E-state index in [4.69, 9.17) is 0 Å². The molecule has 1 aliphatic rings. The van der Waals surface area contributed by atoms with Gasteiger partial charge in [0.05, 0.1) is 12.2 Å². The third-order valence-electron chi connectivity index (χ3n) is 3.93. The highest BCUT2D eigenvalue weighted by atomic mass is 32.1. The van der Waals surface area contributed by atoms with Gasteiger partial charge in [-0.3, -0.25) is 0 Å². The maximum absolute atomic E-state index is 4.30. The summed E-state index contributed by atoms with van der Waals surface area (Å²) in [5, 5.41) is 16.5. The van der Waals surface area contributed by atoms with E-state index >= 15 is 0 Å². The van der Waals surface area contributed by atoms with Crippen molar-refractivity contribution < 1.29 is 0 Å². The van der Waals surface area contributed by atoms with Gasteiger partial charge in [0.15, 0.2) is 5.82 Å². The second-order valence-electron chi connectivity index (χ2n) is 5.17. The zero-order valence-corrected chi connectivity index (χ0v) is 11.9. The fraction of sp³-hybridized carbons (Fsp3) is 0.250. The predicted molar refractivity (Wildman–Crippen MR) is 83.2 cm³/mol. The molecule has 0 fully saturated rings. The molecule has 1 aliphatic carbocycles. The fourth-order valence-corrected chi connectivity index (χ4v) is 3.92. The van der Waals surface area contributed by atoms with Crippen LogP contribution in [0.3, 0.4) is 0 Å². The Hall–Kier alpha value is -1.94. The average molecular weight is 281 g/mol. The molecular weight excluding hydrogens is 266 g/mol. The Kier molecular flexibility index (Phi) is 2.89. The molecule has 2 aromatic heterocycles. The Morgan fingerprint density at radius 2 is 2.15 bits per heavy atom. The van der Waals surface area contributed by atoms with Crippen molar-refractivity contribution in [1.29, 1.82) is 0 Å². The molecule has 20 heavy (non-hydrogen) atoms. The third kappa shape index (κ3) is 1.96. The van der Waals surface area contributed by atoms with Gasteiger partial charge in [0.2, 0.25) is 0 Å². The molecule has 1 aromatic carbocycles. The first-order valence-corrected chi connectivity index (χ1v) is 7.83. The molecule has 4 rings (SSSR count). The van der Waals surface area contributed by atoms with Crippen molar-refractivity contribution in [3.63, 3.8) is 0 Å². The monoisotopic (exact) mass is 281 g/mol. The summed E-state index contributed by atoms with van der Waals surface area (Å²) in [6.07, 6.45) is 5.43. The number of benzene rings is 1. The van der Waals surface area contributed by atoms with Crippen molar-refractivity contribution in [2.24, 2.45) is 0 Å². The van der Waals surface area contributed by atoms with E-state index in [1.807, 2.05) is 29.7 Å². The zero-order valence-electron chi connectivity index (χ0n) is 11.0. The lowest BCUT2D eigenvalue weighted by Gasteiger charge is -2.24. The molecule has 4 heteroatoms. The van der Waals surface area contributed by atoms with Crippen LogP contribution in [0.2, 0.25) is 0 Å². The largest absolute Gasteiger partial charge is 0.361 e. The van der Waals surface area contributed by atoms with Crippen molar-refractivity contribution in [2.45, 2.75) is 25.3 Å². The molecule has 3 nitrogen and oxygen atoms in total. The first-order chi connectivity index (χ1) is 9.92. The normalized spacial score (nSPS) is 17.9. The number of nitrogens with one attached hydrogen (secondary N) is 1. The summed E-state index contributed by atoms with van der Waals surface area (Å²) in [5.41, 5.74) is 1.44. The molecule has 0 saturated carbocycles. The number of anilines is 1. The summed E-state index contributed by atoms with van der Waals surface area (Å²) in [4.78, 5) is 1.52. The number of nitrogens with zero attached hydrogens (tertiary/aromatic N) is 2. The van der Waals surface area contributed by atoms with Gasteiger partial charge in [-0.05, 0) is 36.3 Å². The van der Waals surface area contributed by atoms with Gasteiger partial charge in [-0.1, -0.05) is 24.3 Å². The minimum absolute atomic E-state index is 0.366. The molecule has 3 aromatic rings. The maximum atomic E-state index is 4.30. The van der Waals surface area contributed by atoms with Crippen LogP contribution in [0.1, 0.15) is 29.3 Å². The molecule has 0 radical (unpaired) electrons. The smallest absolute Gasteiger partial charge is 0.157 e. The number of aryl methyl sites for hydroxylation is 1. The Balaban J connectivity index is 1.73. The number of aromatic nitrogens is 2. The topological polar surface area (TPSA) is 37.8 Å². The van der Waals surface area contributed by atoms with E-state index in [2.05, 4.69) is 39.1 Å². The molecule has 0 aliphatic heterocycles. The minimum Gasteiger partial charge on any atom is -0.361 e. The molecule has 0 spiro atoms. The SMILES string of the molecule is c1ccc2c(NC3CCCc4sccc43)nncc2c1. The second kappa shape index (κ2) is 4.87. The molecule has 100 valence electrons. The highest BCUT2D eigenvalue weighted by molar-refractivity contribution is 7.10. The highest BCUT2D eigenvalue weighted by Gasteiger charge is 2.21. The van der Waals surface area contributed by atoms with E-state index < -0.39 is 0 Å². The summed E-state index contributed by atoms with van der Waals surface area (Å²) < 4.78 is 0. The molecule has 0 saturated heterocycles. The maximum Gasteiger partial charge on any atom is 0.157 e. The standard InChI is InChI=1S/C16H15N3S/c1-2-5-12-11(4-1)10-17-19-16(12)18-14-6-3-7-15-13(14)8-9-20-15/h1-2,4-5,8-10,14H,3,6-7H2,(H,18,19). The lowest BCUT2D eigenvalue weighted by molar-refractivity contribution is 0.606. The summed E-state index contributed by atoms with van der Waals surface area (Å²) in [5.74, 6) is 0.896. The van der Waals surface area contributed by atoms with E-state index in [-0.39, 0.29) is 0 Å². The van der Waals surface area contributed by atoms with Crippen molar-refractivity contribution in [3.8, 4) is 0 Å². The first-order valence-electron chi connectivity index (χ1n) is 6.95. The second-order valence-corrected chi connectivity index (χ2v) is 6.17. The molecule has 0 amide bonds. The Labute approximate surface area is 121 Å². The van der Waals surface area contributed by atoms with Crippen molar-refractivity contribution in [3.05, 3.63) is 52.3 Å². The van der Waals surface area contributed by atoms with E-state index in [9.17, 15) is 0 Å². The van der Waals surface area contributed by atoms with Gasteiger partial charge < -0.3 is 5.32 Å². The van der Waals surface area contributed by atoms with Gasteiger partial charge in [-0.25, -0.2) is 0 Å². The summed E-state index contributed by atoms with van der Waals surface area (Å²) in [6, 6.07) is 10.9. The van der Waals surface area contributed by atoms with Gasteiger partial charge in [-0.15, -0.1) is 16.4 Å². The first kappa shape index (κ1) is 11.9. The fourth-order valence-electron chi connectivity index (χ4n) is 2.94. The van der Waals surface area contributed by atoms with Gasteiger partial charge in [-0.2, -0.15) is 5.10 Å². The van der Waals surface area contributed by atoms with Crippen LogP contribution in [0.25, 0.3) is 10.8 Å². The summed E-state index contributed by atoms with van der Waals surface area (Å²) in [6.45, 7) is 0. The Bertz CT molecular complexity index is 745. The molecule has 2 heterocycles. The van der Waals surface area contributed by atoms with Crippen molar-refractivity contribution in [1.82, 2.24) is 10.2 Å². The van der Waals surface area contributed by atoms with Crippen LogP contribution in [0.4, 0.5) is 5.82 Å². The lowest BCUT2D eigenvalue weighted by Crippen LogP contribution is -2.16. The highest BCUT2D eigenvalue weighted by Crippen LogP contribution is 2.36.